The molecule has 176 valence electrons. The monoisotopic (exact) mass is 470 g/mol. The summed E-state index contributed by atoms with van der Waals surface area (Å²) in [6.45, 7) is -0.618. The second-order valence-electron chi connectivity index (χ2n) is 7.66. The maximum atomic E-state index is 11.9. The number of unbranched alkanes of at least 4 members (excludes halogenated alkanes) is 1. The lowest BCUT2D eigenvalue weighted by Gasteiger charge is -2.16. The first kappa shape index (κ1) is 23.8. The van der Waals surface area contributed by atoms with Gasteiger partial charge in [-0.2, -0.15) is 11.8 Å². The van der Waals surface area contributed by atoms with Crippen LogP contribution in [0.2, 0.25) is 0 Å². The summed E-state index contributed by atoms with van der Waals surface area (Å²) < 4.78 is 4.84. The second-order valence-corrected chi connectivity index (χ2v) is 8.93. The lowest BCUT2D eigenvalue weighted by atomic mass is 10.0. The van der Waals surface area contributed by atoms with Crippen molar-refractivity contribution in [3.05, 3.63) is 0 Å². The van der Waals surface area contributed by atoms with Gasteiger partial charge in [0.2, 0.25) is 5.91 Å². The number of imide groups is 1. The number of nitrogens with zero attached hydrogens (tertiary/aromatic N) is 1. The molecule has 5 amide bonds. The van der Waals surface area contributed by atoms with Crippen molar-refractivity contribution in [3.8, 4) is 0 Å². The van der Waals surface area contributed by atoms with E-state index in [1.807, 2.05) is 11.8 Å². The number of thioether (sulfide) groups is 1. The number of hydrogen-bond donors (Lipinski definition) is 3. The largest absolute Gasteiger partial charge is 0.464 e. The fourth-order valence-electron chi connectivity index (χ4n) is 3.64. The number of amides is 5. The maximum absolute atomic E-state index is 11.9. The first-order valence-corrected chi connectivity index (χ1v) is 11.6. The Balaban J connectivity index is 1.19. The van der Waals surface area contributed by atoms with Crippen LogP contribution in [0, 0.1) is 0 Å². The van der Waals surface area contributed by atoms with Crippen LogP contribution in [0.5, 0.6) is 0 Å². The Kier molecular flexibility index (Phi) is 8.31. The van der Waals surface area contributed by atoms with Gasteiger partial charge in [0.15, 0.2) is 0 Å². The third kappa shape index (κ3) is 6.58. The van der Waals surface area contributed by atoms with E-state index < -0.39 is 23.8 Å². The minimum atomic E-state index is -0.870. The quantitative estimate of drug-likeness (QED) is 0.155. The average Bonchev–Trinajstić information content (AvgIpc) is 3.40. The van der Waals surface area contributed by atoms with Gasteiger partial charge in [0.05, 0.1) is 18.5 Å². The second kappa shape index (κ2) is 11.2. The van der Waals surface area contributed by atoms with Gasteiger partial charge in [0.1, 0.15) is 13.2 Å². The highest BCUT2D eigenvalue weighted by Gasteiger charge is 2.42. The molecule has 3 fully saturated rings. The van der Waals surface area contributed by atoms with Crippen molar-refractivity contribution in [1.82, 2.24) is 21.0 Å². The van der Waals surface area contributed by atoms with Crippen LogP contribution in [0.1, 0.15) is 44.9 Å². The van der Waals surface area contributed by atoms with Gasteiger partial charge in [-0.25, -0.2) is 9.59 Å². The maximum Gasteiger partial charge on any atom is 0.336 e. The molecule has 3 N–H and O–H groups in total. The zero-order valence-corrected chi connectivity index (χ0v) is 18.2. The molecule has 0 aliphatic carbocycles. The molecule has 0 aromatic heterocycles. The summed E-state index contributed by atoms with van der Waals surface area (Å²) in [5.74, 6) is -2.14. The van der Waals surface area contributed by atoms with E-state index in [-0.39, 0.29) is 62.9 Å². The molecule has 0 saturated carbocycles. The van der Waals surface area contributed by atoms with Crippen LogP contribution < -0.4 is 16.0 Å². The van der Waals surface area contributed by atoms with E-state index in [1.54, 1.807) is 0 Å². The Bertz CT molecular complexity index is 775. The Labute approximate surface area is 188 Å². The molecule has 3 aliphatic rings. The molecule has 0 radical (unpaired) electrons. The fourth-order valence-corrected chi connectivity index (χ4v) is 5.18. The molecule has 3 heterocycles. The van der Waals surface area contributed by atoms with Crippen molar-refractivity contribution in [2.75, 3.05) is 18.9 Å². The Hall–Kier alpha value is -2.83. The van der Waals surface area contributed by atoms with Gasteiger partial charge in [-0.15, -0.1) is 5.06 Å². The first-order chi connectivity index (χ1) is 15.3. The number of esters is 1. The van der Waals surface area contributed by atoms with Crippen molar-refractivity contribution in [3.63, 3.8) is 0 Å². The van der Waals surface area contributed by atoms with Crippen LogP contribution in [0.4, 0.5) is 4.79 Å². The zero-order chi connectivity index (χ0) is 23.1. The van der Waals surface area contributed by atoms with Crippen LogP contribution in [0.3, 0.4) is 0 Å². The fraction of sp³-hybridized carbons (Fsp3) is 0.684. The molecule has 0 bridgehead atoms. The zero-order valence-electron chi connectivity index (χ0n) is 17.4. The lowest BCUT2D eigenvalue weighted by Crippen LogP contribution is -2.36. The standard InChI is InChI=1S/C19H26N4O8S/c24-13(4-2-1-3-12-18-11(10-32-12)21-19(29)22-18)20-9-17(28)30-8-7-16(27)31-23-14(25)5-6-15(23)26/h11-12,18H,1-10H2,(H,20,24)(H2,21,22,29). The average molecular weight is 471 g/mol. The molecule has 0 spiro atoms. The molecule has 3 unspecified atom stereocenters. The number of carbonyl (C=O) groups excluding carboxylic acids is 6. The number of hydroxylamine groups is 2. The minimum Gasteiger partial charge on any atom is -0.464 e. The van der Waals surface area contributed by atoms with Crippen LogP contribution in [-0.2, 0) is 33.5 Å². The number of carbonyl (C=O) groups is 6. The number of nitrogens with one attached hydrogen (secondary N) is 3. The molecule has 3 atom stereocenters. The molecule has 32 heavy (non-hydrogen) atoms. The van der Waals surface area contributed by atoms with Gasteiger partial charge >= 0.3 is 18.0 Å². The molecule has 3 rings (SSSR count). The van der Waals surface area contributed by atoms with Gasteiger partial charge in [-0.05, 0) is 12.8 Å². The molecule has 12 nitrogen and oxygen atoms in total. The third-order valence-corrected chi connectivity index (χ3v) is 6.79. The van der Waals surface area contributed by atoms with E-state index in [0.717, 1.165) is 18.6 Å². The molecular formula is C19H26N4O8S. The van der Waals surface area contributed by atoms with Gasteiger partial charge in [0.25, 0.3) is 11.8 Å². The van der Waals surface area contributed by atoms with Crippen molar-refractivity contribution in [1.29, 1.82) is 0 Å². The summed E-state index contributed by atoms with van der Waals surface area (Å²) in [7, 11) is 0. The highest BCUT2D eigenvalue weighted by molar-refractivity contribution is 8.00. The predicted octanol–water partition coefficient (Wildman–Crippen LogP) is -0.631. The molecule has 0 aromatic rings. The molecule has 3 aliphatic heterocycles. The molecule has 13 heteroatoms. The Morgan fingerprint density at radius 3 is 2.53 bits per heavy atom. The summed E-state index contributed by atoms with van der Waals surface area (Å²) in [6.07, 6.45) is 2.33. The van der Waals surface area contributed by atoms with Gasteiger partial charge in [-0.1, -0.05) is 6.42 Å². The van der Waals surface area contributed by atoms with Crippen LogP contribution >= 0.6 is 11.8 Å². The van der Waals surface area contributed by atoms with Crippen LogP contribution in [-0.4, -0.2) is 77.0 Å². The Morgan fingerprint density at radius 1 is 1.03 bits per heavy atom. The lowest BCUT2D eigenvalue weighted by molar-refractivity contribution is -0.198. The van der Waals surface area contributed by atoms with E-state index in [0.29, 0.717) is 16.7 Å². The van der Waals surface area contributed by atoms with E-state index >= 15 is 0 Å². The number of rotatable bonds is 11. The third-order valence-electron chi connectivity index (χ3n) is 5.28. The predicted molar refractivity (Wildman–Crippen MR) is 110 cm³/mol. The van der Waals surface area contributed by atoms with E-state index in [1.165, 1.54) is 0 Å². The van der Waals surface area contributed by atoms with Crippen molar-refractivity contribution >= 4 is 47.5 Å². The SMILES string of the molecule is O=C(CCCCC1SCC2NC(=O)NC21)NCC(=O)OCCC(=O)ON1C(=O)CCC1=O. The Morgan fingerprint density at radius 2 is 1.78 bits per heavy atom. The summed E-state index contributed by atoms with van der Waals surface area (Å²) in [6, 6.07) is 0.203. The van der Waals surface area contributed by atoms with Crippen molar-refractivity contribution in [2.45, 2.75) is 62.3 Å². The van der Waals surface area contributed by atoms with Crippen molar-refractivity contribution in [2.24, 2.45) is 0 Å². The first-order valence-electron chi connectivity index (χ1n) is 10.5. The minimum absolute atomic E-state index is 0.00295. The highest BCUT2D eigenvalue weighted by Crippen LogP contribution is 2.33. The molecule has 0 aromatic carbocycles. The smallest absolute Gasteiger partial charge is 0.336 e. The van der Waals surface area contributed by atoms with Crippen LogP contribution in [0.25, 0.3) is 0 Å². The van der Waals surface area contributed by atoms with Gasteiger partial charge in [-0.3, -0.25) is 19.2 Å². The van der Waals surface area contributed by atoms with E-state index in [4.69, 9.17) is 4.74 Å². The number of hydrogen-bond acceptors (Lipinski definition) is 9. The summed E-state index contributed by atoms with van der Waals surface area (Å²) in [5.41, 5.74) is 0. The van der Waals surface area contributed by atoms with Crippen molar-refractivity contribution < 1.29 is 38.3 Å². The highest BCUT2D eigenvalue weighted by atomic mass is 32.2. The number of urea groups is 1. The van der Waals surface area contributed by atoms with Crippen LogP contribution in [0.15, 0.2) is 0 Å². The summed E-state index contributed by atoms with van der Waals surface area (Å²) in [4.78, 5) is 73.9. The van der Waals surface area contributed by atoms with Gasteiger partial charge < -0.3 is 25.5 Å². The van der Waals surface area contributed by atoms with E-state index in [9.17, 15) is 28.8 Å². The van der Waals surface area contributed by atoms with E-state index in [2.05, 4.69) is 20.8 Å². The molecular weight excluding hydrogens is 444 g/mol. The summed E-state index contributed by atoms with van der Waals surface area (Å²) >= 11 is 1.82. The molecule has 3 saturated heterocycles. The summed E-state index contributed by atoms with van der Waals surface area (Å²) in [5, 5.41) is 9.05. The van der Waals surface area contributed by atoms with Gasteiger partial charge in [0, 0.05) is 30.3 Å². The number of fused-ring (bicyclic) bond motifs is 1. The normalized spacial score (nSPS) is 24.1. The topological polar surface area (TPSA) is 160 Å². The number of ether oxygens (including phenoxy) is 1.